The Morgan fingerprint density at radius 2 is 2.16 bits per heavy atom. The van der Waals surface area contributed by atoms with E-state index >= 15 is 0 Å². The van der Waals surface area contributed by atoms with E-state index in [9.17, 15) is 14.9 Å². The second-order valence-corrected chi connectivity index (χ2v) is 4.77. The van der Waals surface area contributed by atoms with Gasteiger partial charge >= 0.3 is 0 Å². The second kappa shape index (κ2) is 5.59. The van der Waals surface area contributed by atoms with Crippen molar-refractivity contribution in [2.45, 2.75) is 6.04 Å². The first-order valence-corrected chi connectivity index (χ1v) is 6.30. The van der Waals surface area contributed by atoms with Gasteiger partial charge in [0, 0.05) is 22.7 Å². The number of hydrogen-bond donors (Lipinski definition) is 2. The number of rotatable bonds is 4. The molecule has 0 bridgehead atoms. The van der Waals surface area contributed by atoms with Crippen molar-refractivity contribution in [1.29, 1.82) is 0 Å². The molecule has 2 aromatic rings. The number of benzene rings is 1. The predicted molar refractivity (Wildman–Crippen MR) is 73.0 cm³/mol. The summed E-state index contributed by atoms with van der Waals surface area (Å²) in [4.78, 5) is 22.7. The minimum Gasteiger partial charge on any atom is -0.324 e. The standard InChI is InChI=1S/C12H11N3O3S/c13-11(10-5-2-6-19-10)12(16)14-8-3-1-4-9(7-8)15(17)18/h1-7,11H,13H2,(H,14,16). The number of anilines is 1. The van der Waals surface area contributed by atoms with Crippen LogP contribution >= 0.6 is 11.3 Å². The fourth-order valence-corrected chi connectivity index (χ4v) is 2.24. The first kappa shape index (κ1) is 13.2. The Morgan fingerprint density at radius 1 is 1.37 bits per heavy atom. The number of carbonyl (C=O) groups excluding carboxylic acids is 1. The molecule has 0 fully saturated rings. The predicted octanol–water partition coefficient (Wildman–Crippen LogP) is 2.29. The molecule has 2 rings (SSSR count). The molecule has 1 aromatic heterocycles. The summed E-state index contributed by atoms with van der Waals surface area (Å²) in [6.45, 7) is 0. The van der Waals surface area contributed by atoms with Gasteiger partial charge < -0.3 is 11.1 Å². The third-order valence-electron chi connectivity index (χ3n) is 2.46. The Kier molecular flexibility index (Phi) is 3.88. The van der Waals surface area contributed by atoms with E-state index in [1.54, 1.807) is 18.2 Å². The highest BCUT2D eigenvalue weighted by Gasteiger charge is 2.17. The Bertz CT molecular complexity index is 598. The highest BCUT2D eigenvalue weighted by molar-refractivity contribution is 7.10. The van der Waals surface area contributed by atoms with E-state index in [4.69, 9.17) is 5.73 Å². The van der Waals surface area contributed by atoms with Gasteiger partial charge in [0.15, 0.2) is 0 Å². The van der Waals surface area contributed by atoms with Crippen molar-refractivity contribution in [1.82, 2.24) is 0 Å². The number of thiophene rings is 1. The molecule has 1 atom stereocenters. The van der Waals surface area contributed by atoms with Gasteiger partial charge in [0.05, 0.1) is 4.92 Å². The van der Waals surface area contributed by atoms with Gasteiger partial charge in [-0.3, -0.25) is 14.9 Å². The monoisotopic (exact) mass is 277 g/mol. The molecule has 98 valence electrons. The van der Waals surface area contributed by atoms with E-state index in [2.05, 4.69) is 5.32 Å². The van der Waals surface area contributed by atoms with Gasteiger partial charge in [0.2, 0.25) is 5.91 Å². The number of nitrogens with two attached hydrogens (primary N) is 1. The number of non-ortho nitro benzene ring substituents is 1. The lowest BCUT2D eigenvalue weighted by Gasteiger charge is -2.10. The molecule has 0 aliphatic heterocycles. The van der Waals surface area contributed by atoms with Crippen LogP contribution in [-0.2, 0) is 4.79 Å². The van der Waals surface area contributed by atoms with Gasteiger partial charge in [-0.1, -0.05) is 12.1 Å². The summed E-state index contributed by atoms with van der Waals surface area (Å²) in [6.07, 6.45) is 0. The van der Waals surface area contributed by atoms with Gasteiger partial charge in [0.1, 0.15) is 6.04 Å². The molecule has 0 aliphatic rings. The molecule has 19 heavy (non-hydrogen) atoms. The lowest BCUT2D eigenvalue weighted by Crippen LogP contribution is -2.26. The topological polar surface area (TPSA) is 98.3 Å². The average molecular weight is 277 g/mol. The van der Waals surface area contributed by atoms with Gasteiger partial charge in [-0.2, -0.15) is 0 Å². The Balaban J connectivity index is 2.11. The zero-order valence-corrected chi connectivity index (χ0v) is 10.6. The Labute approximate surface area is 113 Å². The maximum atomic E-state index is 11.9. The third kappa shape index (κ3) is 3.15. The molecule has 0 saturated carbocycles. The normalized spacial score (nSPS) is 11.8. The quantitative estimate of drug-likeness (QED) is 0.661. The molecule has 1 amide bonds. The fourth-order valence-electron chi connectivity index (χ4n) is 1.51. The van der Waals surface area contributed by atoms with Crippen LogP contribution in [0.15, 0.2) is 41.8 Å². The van der Waals surface area contributed by atoms with E-state index in [1.165, 1.54) is 29.5 Å². The van der Waals surface area contributed by atoms with Crippen molar-refractivity contribution in [3.63, 3.8) is 0 Å². The lowest BCUT2D eigenvalue weighted by atomic mass is 10.2. The molecule has 0 saturated heterocycles. The summed E-state index contributed by atoms with van der Waals surface area (Å²) in [6, 6.07) is 8.52. The Hall–Kier alpha value is -2.25. The first-order chi connectivity index (χ1) is 9.08. The van der Waals surface area contributed by atoms with Crippen LogP contribution in [0, 0.1) is 10.1 Å². The molecular formula is C12H11N3O3S. The van der Waals surface area contributed by atoms with Crippen LogP contribution in [-0.4, -0.2) is 10.8 Å². The average Bonchev–Trinajstić information content (AvgIpc) is 2.92. The number of amides is 1. The molecule has 7 heteroatoms. The number of nitro groups is 1. The van der Waals surface area contributed by atoms with Crippen LogP contribution in [0.3, 0.4) is 0 Å². The summed E-state index contributed by atoms with van der Waals surface area (Å²) in [5.41, 5.74) is 6.07. The molecule has 1 heterocycles. The number of hydrogen-bond acceptors (Lipinski definition) is 5. The van der Waals surface area contributed by atoms with Crippen LogP contribution in [0.5, 0.6) is 0 Å². The lowest BCUT2D eigenvalue weighted by molar-refractivity contribution is -0.384. The number of nitrogens with zero attached hydrogens (tertiary/aromatic N) is 1. The van der Waals surface area contributed by atoms with Crippen LogP contribution < -0.4 is 11.1 Å². The molecule has 6 nitrogen and oxygen atoms in total. The van der Waals surface area contributed by atoms with Crippen molar-refractivity contribution < 1.29 is 9.72 Å². The molecule has 0 aliphatic carbocycles. The van der Waals surface area contributed by atoms with Gasteiger partial charge in [0.25, 0.3) is 5.69 Å². The van der Waals surface area contributed by atoms with Gasteiger partial charge in [-0.05, 0) is 17.5 Å². The maximum absolute atomic E-state index is 11.9. The third-order valence-corrected chi connectivity index (χ3v) is 3.41. The van der Waals surface area contributed by atoms with Crippen molar-refractivity contribution in [2.24, 2.45) is 5.73 Å². The molecule has 3 N–H and O–H groups in total. The minimum atomic E-state index is -0.778. The molecular weight excluding hydrogens is 266 g/mol. The first-order valence-electron chi connectivity index (χ1n) is 5.42. The summed E-state index contributed by atoms with van der Waals surface area (Å²) in [7, 11) is 0. The minimum absolute atomic E-state index is 0.0810. The number of carbonyl (C=O) groups is 1. The summed E-state index contributed by atoms with van der Waals surface area (Å²) in [5, 5.41) is 15.0. The number of nitro benzene ring substituents is 1. The molecule has 0 radical (unpaired) electrons. The fraction of sp³-hybridized carbons (Fsp3) is 0.0833. The zero-order chi connectivity index (χ0) is 13.8. The Morgan fingerprint density at radius 3 is 2.79 bits per heavy atom. The molecule has 1 aromatic carbocycles. The smallest absolute Gasteiger partial charge is 0.271 e. The highest BCUT2D eigenvalue weighted by atomic mass is 32.1. The van der Waals surface area contributed by atoms with Gasteiger partial charge in [-0.15, -0.1) is 11.3 Å². The second-order valence-electron chi connectivity index (χ2n) is 3.79. The van der Waals surface area contributed by atoms with Gasteiger partial charge in [-0.25, -0.2) is 0 Å². The highest BCUT2D eigenvalue weighted by Crippen LogP contribution is 2.21. The van der Waals surface area contributed by atoms with Crippen LogP contribution in [0.25, 0.3) is 0 Å². The summed E-state index contributed by atoms with van der Waals surface area (Å²) < 4.78 is 0. The van der Waals surface area contributed by atoms with Crippen molar-refractivity contribution in [2.75, 3.05) is 5.32 Å². The maximum Gasteiger partial charge on any atom is 0.271 e. The van der Waals surface area contributed by atoms with Crippen LogP contribution in [0.2, 0.25) is 0 Å². The van der Waals surface area contributed by atoms with Crippen LogP contribution in [0.1, 0.15) is 10.9 Å². The van der Waals surface area contributed by atoms with Crippen LogP contribution in [0.4, 0.5) is 11.4 Å². The summed E-state index contributed by atoms with van der Waals surface area (Å²) in [5.74, 6) is -0.400. The molecule has 1 unspecified atom stereocenters. The van der Waals surface area contributed by atoms with Crippen molar-refractivity contribution in [3.05, 3.63) is 56.8 Å². The van der Waals surface area contributed by atoms with E-state index in [1.807, 2.05) is 5.38 Å². The van der Waals surface area contributed by atoms with Crippen molar-refractivity contribution >= 4 is 28.6 Å². The van der Waals surface area contributed by atoms with Crippen molar-refractivity contribution in [3.8, 4) is 0 Å². The largest absolute Gasteiger partial charge is 0.324 e. The molecule has 0 spiro atoms. The SMILES string of the molecule is NC(C(=O)Nc1cccc([N+](=O)[O-])c1)c1cccs1. The number of nitrogens with one attached hydrogen (secondary N) is 1. The van der Waals surface area contributed by atoms with E-state index in [0.717, 1.165) is 4.88 Å². The summed E-state index contributed by atoms with van der Waals surface area (Å²) >= 11 is 1.38. The van der Waals surface area contributed by atoms with E-state index in [-0.39, 0.29) is 5.69 Å². The van der Waals surface area contributed by atoms with E-state index in [0.29, 0.717) is 5.69 Å². The zero-order valence-electron chi connectivity index (χ0n) is 9.78. The van der Waals surface area contributed by atoms with E-state index < -0.39 is 16.9 Å².